The van der Waals surface area contributed by atoms with E-state index in [-0.39, 0.29) is 24.9 Å². The minimum Gasteiger partial charge on any atom is -0.480 e. The molecule has 2 aromatic rings. The summed E-state index contributed by atoms with van der Waals surface area (Å²) in [4.78, 5) is 35.5. The smallest absolute Gasteiger partial charge is 0.407 e. The van der Waals surface area contributed by atoms with E-state index in [4.69, 9.17) is 9.84 Å². The van der Waals surface area contributed by atoms with Gasteiger partial charge in [-0.3, -0.25) is 9.59 Å². The van der Waals surface area contributed by atoms with E-state index in [1.54, 1.807) is 0 Å². The minimum absolute atomic E-state index is 0.00717. The van der Waals surface area contributed by atoms with Crippen molar-refractivity contribution in [3.8, 4) is 11.1 Å². The second-order valence-corrected chi connectivity index (χ2v) is 8.96. The Morgan fingerprint density at radius 3 is 2.15 bits per heavy atom. The molecular weight excluding hydrogens is 420 g/mol. The zero-order valence-electron chi connectivity index (χ0n) is 18.6. The molecule has 0 saturated heterocycles. The first-order chi connectivity index (χ1) is 16.0. The number of alkyl carbamates (subject to hydrolysis) is 1. The van der Waals surface area contributed by atoms with Gasteiger partial charge >= 0.3 is 12.1 Å². The van der Waals surface area contributed by atoms with Crippen molar-refractivity contribution in [2.45, 2.75) is 56.4 Å². The lowest BCUT2D eigenvalue weighted by atomic mass is 9.78. The third-order valence-corrected chi connectivity index (χ3v) is 6.79. The predicted molar refractivity (Wildman–Crippen MR) is 124 cm³/mol. The summed E-state index contributed by atoms with van der Waals surface area (Å²) >= 11 is 0. The van der Waals surface area contributed by atoms with Gasteiger partial charge in [0.05, 0.1) is 0 Å². The fourth-order valence-corrected chi connectivity index (χ4v) is 5.13. The van der Waals surface area contributed by atoms with E-state index >= 15 is 0 Å². The average molecular weight is 451 g/mol. The number of carboxylic acids is 1. The first-order valence-corrected chi connectivity index (χ1v) is 11.6. The second-order valence-electron chi connectivity index (χ2n) is 8.96. The van der Waals surface area contributed by atoms with Crippen LogP contribution in [0.15, 0.2) is 48.5 Å². The van der Waals surface area contributed by atoms with Crippen molar-refractivity contribution in [3.63, 3.8) is 0 Å². The number of benzene rings is 2. The van der Waals surface area contributed by atoms with E-state index in [0.29, 0.717) is 6.42 Å². The molecule has 0 aromatic heterocycles. The molecule has 0 aliphatic heterocycles. The van der Waals surface area contributed by atoms with E-state index in [0.717, 1.165) is 43.2 Å². The second kappa shape index (κ2) is 10.1. The summed E-state index contributed by atoms with van der Waals surface area (Å²) in [7, 11) is 0. The maximum atomic E-state index is 12.8. The number of carbonyl (C=O) groups is 3. The lowest BCUT2D eigenvalue weighted by molar-refractivity contribution is -0.138. The third-order valence-electron chi connectivity index (χ3n) is 6.79. The molecule has 0 unspecified atom stereocenters. The summed E-state index contributed by atoms with van der Waals surface area (Å²) in [6.45, 7) is -0.152. The van der Waals surface area contributed by atoms with Gasteiger partial charge in [0.2, 0.25) is 5.91 Å². The standard InChI is InChI=1S/C26H30N2O5/c29-23(27-16-24(30)31)12-15-26(13-6-1-7-14-26)28-25(32)33-17-22-20-10-4-2-8-18(20)19-9-3-5-11-21(19)22/h2-5,8-11,22H,1,6-7,12-17H2,(H,27,29)(H,28,32)(H,30,31). The molecule has 2 aliphatic carbocycles. The number of amides is 2. The van der Waals surface area contributed by atoms with Crippen molar-refractivity contribution in [1.82, 2.24) is 10.6 Å². The van der Waals surface area contributed by atoms with Crippen LogP contribution in [0.4, 0.5) is 4.79 Å². The molecule has 0 bridgehead atoms. The number of aliphatic carboxylic acids is 1. The molecule has 174 valence electrons. The number of carbonyl (C=O) groups excluding carboxylic acids is 2. The first-order valence-electron chi connectivity index (χ1n) is 11.6. The molecule has 33 heavy (non-hydrogen) atoms. The van der Waals surface area contributed by atoms with Gasteiger partial charge in [-0.05, 0) is 41.5 Å². The number of ether oxygens (including phenoxy) is 1. The molecule has 4 rings (SSSR count). The van der Waals surface area contributed by atoms with Crippen LogP contribution in [-0.4, -0.2) is 41.8 Å². The van der Waals surface area contributed by atoms with Gasteiger partial charge in [-0.15, -0.1) is 0 Å². The molecule has 1 fully saturated rings. The molecule has 1 saturated carbocycles. The Morgan fingerprint density at radius 2 is 1.55 bits per heavy atom. The van der Waals surface area contributed by atoms with Crippen LogP contribution in [-0.2, 0) is 14.3 Å². The Bertz CT molecular complexity index is 983. The van der Waals surface area contributed by atoms with E-state index in [1.165, 1.54) is 11.1 Å². The minimum atomic E-state index is -1.08. The zero-order chi connectivity index (χ0) is 23.3. The molecule has 0 radical (unpaired) electrons. The Hall–Kier alpha value is -3.35. The van der Waals surface area contributed by atoms with Gasteiger partial charge in [-0.1, -0.05) is 67.8 Å². The van der Waals surface area contributed by atoms with E-state index in [9.17, 15) is 14.4 Å². The fourth-order valence-electron chi connectivity index (χ4n) is 5.13. The van der Waals surface area contributed by atoms with Crippen LogP contribution in [0.25, 0.3) is 11.1 Å². The SMILES string of the molecule is O=C(O)CNC(=O)CCC1(NC(=O)OCC2c3ccccc3-c3ccccc32)CCCCC1. The van der Waals surface area contributed by atoms with Crippen LogP contribution in [0.1, 0.15) is 62.0 Å². The summed E-state index contributed by atoms with van der Waals surface area (Å²) < 4.78 is 5.72. The number of rotatable bonds is 8. The van der Waals surface area contributed by atoms with Crippen LogP contribution in [0.3, 0.4) is 0 Å². The Labute approximate surface area is 193 Å². The molecule has 0 spiro atoms. The number of nitrogens with one attached hydrogen (secondary N) is 2. The molecule has 3 N–H and O–H groups in total. The van der Waals surface area contributed by atoms with Gasteiger partial charge in [0.1, 0.15) is 13.2 Å². The van der Waals surface area contributed by atoms with Gasteiger partial charge in [0, 0.05) is 17.9 Å². The Balaban J connectivity index is 1.38. The Morgan fingerprint density at radius 1 is 0.939 bits per heavy atom. The monoisotopic (exact) mass is 450 g/mol. The molecular formula is C26H30N2O5. The first kappa shape index (κ1) is 22.8. The van der Waals surface area contributed by atoms with Crippen molar-refractivity contribution < 1.29 is 24.2 Å². The molecule has 2 aliphatic rings. The van der Waals surface area contributed by atoms with E-state index < -0.39 is 24.1 Å². The van der Waals surface area contributed by atoms with Crippen molar-refractivity contribution in [2.75, 3.05) is 13.2 Å². The highest BCUT2D eigenvalue weighted by molar-refractivity contribution is 5.81. The maximum absolute atomic E-state index is 12.8. The summed E-state index contributed by atoms with van der Waals surface area (Å²) in [6, 6.07) is 16.4. The van der Waals surface area contributed by atoms with Crippen LogP contribution >= 0.6 is 0 Å². The van der Waals surface area contributed by atoms with Gasteiger partial charge in [0.15, 0.2) is 0 Å². The van der Waals surface area contributed by atoms with Crippen LogP contribution in [0.5, 0.6) is 0 Å². The highest BCUT2D eigenvalue weighted by Crippen LogP contribution is 2.44. The van der Waals surface area contributed by atoms with Crippen molar-refractivity contribution in [2.24, 2.45) is 0 Å². The Kier molecular flexibility index (Phi) is 6.96. The number of hydrogen-bond donors (Lipinski definition) is 3. The number of hydrogen-bond acceptors (Lipinski definition) is 4. The average Bonchev–Trinajstić information content (AvgIpc) is 3.14. The summed E-state index contributed by atoms with van der Waals surface area (Å²) in [5.74, 6) is -1.41. The van der Waals surface area contributed by atoms with Gasteiger partial charge in [-0.25, -0.2) is 4.79 Å². The summed E-state index contributed by atoms with van der Waals surface area (Å²) in [5.41, 5.74) is 4.18. The van der Waals surface area contributed by atoms with Crippen LogP contribution in [0, 0.1) is 0 Å². The lowest BCUT2D eigenvalue weighted by Gasteiger charge is -2.37. The highest BCUT2D eigenvalue weighted by atomic mass is 16.5. The quantitative estimate of drug-likeness (QED) is 0.559. The van der Waals surface area contributed by atoms with E-state index in [1.807, 2.05) is 24.3 Å². The molecule has 0 atom stereocenters. The number of fused-ring (bicyclic) bond motifs is 3. The molecule has 2 amide bonds. The van der Waals surface area contributed by atoms with Gasteiger partial charge in [-0.2, -0.15) is 0 Å². The van der Waals surface area contributed by atoms with Crippen molar-refractivity contribution in [1.29, 1.82) is 0 Å². The zero-order valence-corrected chi connectivity index (χ0v) is 18.6. The lowest BCUT2D eigenvalue weighted by Crippen LogP contribution is -2.50. The fraction of sp³-hybridized carbons (Fsp3) is 0.423. The molecule has 7 nitrogen and oxygen atoms in total. The largest absolute Gasteiger partial charge is 0.480 e. The van der Waals surface area contributed by atoms with Crippen LogP contribution in [0.2, 0.25) is 0 Å². The summed E-state index contributed by atoms with van der Waals surface area (Å²) in [5, 5.41) is 14.2. The van der Waals surface area contributed by atoms with Crippen LogP contribution < -0.4 is 10.6 Å². The van der Waals surface area contributed by atoms with Crippen molar-refractivity contribution >= 4 is 18.0 Å². The van der Waals surface area contributed by atoms with Crippen molar-refractivity contribution in [3.05, 3.63) is 59.7 Å². The normalized spacial score (nSPS) is 16.4. The number of carboxylic acid groups (broad SMARTS) is 1. The maximum Gasteiger partial charge on any atom is 0.407 e. The summed E-state index contributed by atoms with van der Waals surface area (Å²) in [6.07, 6.45) is 4.76. The molecule has 2 aromatic carbocycles. The van der Waals surface area contributed by atoms with Gasteiger partial charge in [0.25, 0.3) is 0 Å². The van der Waals surface area contributed by atoms with Gasteiger partial charge < -0.3 is 20.5 Å². The molecule has 0 heterocycles. The highest BCUT2D eigenvalue weighted by Gasteiger charge is 2.35. The third kappa shape index (κ3) is 5.35. The topological polar surface area (TPSA) is 105 Å². The molecule has 7 heteroatoms. The van der Waals surface area contributed by atoms with E-state index in [2.05, 4.69) is 34.9 Å². The predicted octanol–water partition coefficient (Wildman–Crippen LogP) is 4.21.